The minimum atomic E-state index is -0.611. The third-order valence-electron chi connectivity index (χ3n) is 6.04. The van der Waals surface area contributed by atoms with Gasteiger partial charge < -0.3 is 5.11 Å². The SMILES string of the molecule is OCC1=NC(C(c2ccccc2)(c2ccccc2)c2ccccc2)c2cc(Cl)ncc21. The molecule has 1 N–H and O–H groups in total. The lowest BCUT2D eigenvalue weighted by Gasteiger charge is -2.40. The van der Waals surface area contributed by atoms with Crippen LogP contribution < -0.4 is 0 Å². The van der Waals surface area contributed by atoms with Gasteiger partial charge in [-0.25, -0.2) is 4.98 Å². The molecule has 4 aromatic rings. The molecule has 0 saturated carbocycles. The van der Waals surface area contributed by atoms with Gasteiger partial charge in [-0.05, 0) is 28.3 Å². The normalized spacial score (nSPS) is 15.4. The summed E-state index contributed by atoms with van der Waals surface area (Å²) >= 11 is 6.34. The van der Waals surface area contributed by atoms with E-state index in [1.807, 2.05) is 24.3 Å². The molecule has 1 aliphatic heterocycles. The van der Waals surface area contributed by atoms with Gasteiger partial charge in [0.1, 0.15) is 5.15 Å². The molecule has 0 spiro atoms. The fraction of sp³-hybridized carbons (Fsp3) is 0.111. The zero-order chi connectivity index (χ0) is 21.3. The first-order valence-electron chi connectivity index (χ1n) is 10.2. The molecule has 0 aliphatic carbocycles. The summed E-state index contributed by atoms with van der Waals surface area (Å²) in [5.74, 6) is 0. The summed E-state index contributed by atoms with van der Waals surface area (Å²) in [4.78, 5) is 9.34. The summed E-state index contributed by atoms with van der Waals surface area (Å²) in [6, 6.07) is 32.9. The van der Waals surface area contributed by atoms with E-state index in [-0.39, 0.29) is 12.6 Å². The van der Waals surface area contributed by atoms with Crippen LogP contribution in [0.5, 0.6) is 0 Å². The highest BCUT2D eigenvalue weighted by molar-refractivity contribution is 6.29. The zero-order valence-electron chi connectivity index (χ0n) is 16.8. The van der Waals surface area contributed by atoms with Crippen molar-refractivity contribution in [1.82, 2.24) is 4.98 Å². The van der Waals surface area contributed by atoms with Gasteiger partial charge in [-0.2, -0.15) is 0 Å². The molecular weight excluding hydrogens is 404 g/mol. The Bertz CT molecular complexity index is 1130. The number of hydrogen-bond acceptors (Lipinski definition) is 3. The lowest BCUT2D eigenvalue weighted by atomic mass is 9.63. The predicted molar refractivity (Wildman–Crippen MR) is 125 cm³/mol. The molecule has 1 aromatic heterocycles. The Hall–Kier alpha value is -3.27. The Morgan fingerprint density at radius 3 is 1.71 bits per heavy atom. The Morgan fingerprint density at radius 1 is 0.774 bits per heavy atom. The van der Waals surface area contributed by atoms with Gasteiger partial charge in [0, 0.05) is 11.8 Å². The first-order chi connectivity index (χ1) is 15.2. The van der Waals surface area contributed by atoms with Crippen LogP contribution in [0.25, 0.3) is 0 Å². The first kappa shape index (κ1) is 19.7. The van der Waals surface area contributed by atoms with Crippen molar-refractivity contribution in [2.24, 2.45) is 4.99 Å². The van der Waals surface area contributed by atoms with E-state index in [1.165, 1.54) is 0 Å². The molecule has 3 nitrogen and oxygen atoms in total. The van der Waals surface area contributed by atoms with Gasteiger partial charge in [0.25, 0.3) is 0 Å². The second-order valence-corrected chi connectivity index (χ2v) is 8.02. The molecule has 0 radical (unpaired) electrons. The quantitative estimate of drug-likeness (QED) is 0.334. The summed E-state index contributed by atoms with van der Waals surface area (Å²) in [6.45, 7) is -0.152. The molecule has 4 heteroatoms. The van der Waals surface area contributed by atoms with E-state index >= 15 is 0 Å². The topological polar surface area (TPSA) is 45.5 Å². The summed E-state index contributed by atoms with van der Waals surface area (Å²) in [7, 11) is 0. The number of aromatic nitrogens is 1. The van der Waals surface area contributed by atoms with Crippen LogP contribution in [0, 0.1) is 0 Å². The Morgan fingerprint density at radius 2 is 1.26 bits per heavy atom. The first-order valence-corrected chi connectivity index (χ1v) is 10.6. The van der Waals surface area contributed by atoms with Crippen LogP contribution in [0.3, 0.4) is 0 Å². The molecule has 1 unspecified atom stereocenters. The van der Waals surface area contributed by atoms with Gasteiger partial charge in [0.05, 0.1) is 23.8 Å². The molecule has 0 bridgehead atoms. The minimum Gasteiger partial charge on any atom is -0.390 e. The number of hydrogen-bond donors (Lipinski definition) is 1. The van der Waals surface area contributed by atoms with Crippen LogP contribution in [0.15, 0.2) is 108 Å². The molecule has 5 rings (SSSR count). The van der Waals surface area contributed by atoms with Crippen LogP contribution in [-0.4, -0.2) is 22.4 Å². The molecule has 1 aliphatic rings. The number of fused-ring (bicyclic) bond motifs is 1. The third-order valence-corrected chi connectivity index (χ3v) is 6.25. The highest BCUT2D eigenvalue weighted by Crippen LogP contribution is 2.53. The van der Waals surface area contributed by atoms with Crippen molar-refractivity contribution in [2.75, 3.05) is 6.61 Å². The lowest BCUT2D eigenvalue weighted by molar-refractivity contribution is 0.357. The lowest BCUT2D eigenvalue weighted by Crippen LogP contribution is -2.35. The molecule has 1 atom stereocenters. The minimum absolute atomic E-state index is 0.152. The van der Waals surface area contributed by atoms with E-state index in [0.29, 0.717) is 10.9 Å². The number of rotatable bonds is 5. The van der Waals surface area contributed by atoms with E-state index < -0.39 is 5.41 Å². The second kappa shape index (κ2) is 8.10. The number of aliphatic imine (C=N–C) groups is 1. The number of nitrogens with zero attached hydrogens (tertiary/aromatic N) is 2. The van der Waals surface area contributed by atoms with Crippen LogP contribution >= 0.6 is 11.6 Å². The molecular formula is C27H21ClN2O. The van der Waals surface area contributed by atoms with Gasteiger partial charge in [-0.15, -0.1) is 0 Å². The maximum Gasteiger partial charge on any atom is 0.129 e. The number of aliphatic hydroxyl groups excluding tert-OH is 1. The smallest absolute Gasteiger partial charge is 0.129 e. The van der Waals surface area contributed by atoms with Gasteiger partial charge in [-0.1, -0.05) is 103 Å². The Kier molecular flexibility index (Phi) is 5.14. The molecule has 2 heterocycles. The van der Waals surface area contributed by atoms with Crippen molar-refractivity contribution < 1.29 is 5.11 Å². The number of aliphatic hydroxyl groups is 1. The average molecular weight is 425 g/mol. The van der Waals surface area contributed by atoms with E-state index in [1.54, 1.807) is 6.20 Å². The fourth-order valence-electron chi connectivity index (χ4n) is 4.74. The van der Waals surface area contributed by atoms with E-state index in [4.69, 9.17) is 16.6 Å². The van der Waals surface area contributed by atoms with Crippen molar-refractivity contribution in [3.63, 3.8) is 0 Å². The van der Waals surface area contributed by atoms with Crippen LogP contribution in [0.2, 0.25) is 5.15 Å². The van der Waals surface area contributed by atoms with Gasteiger partial charge in [-0.3, -0.25) is 4.99 Å². The standard InChI is InChI=1S/C27H21ClN2O/c28-25-16-22-23(17-29-25)24(18-31)30-26(22)27(19-10-4-1-5-11-19,20-12-6-2-7-13-20)21-14-8-3-9-15-21/h1-17,26,31H,18H2. The van der Waals surface area contributed by atoms with Crippen LogP contribution in [0.4, 0.5) is 0 Å². The molecule has 31 heavy (non-hydrogen) atoms. The molecule has 0 fully saturated rings. The molecule has 0 amide bonds. The predicted octanol–water partition coefficient (Wildman–Crippen LogP) is 5.61. The monoisotopic (exact) mass is 424 g/mol. The van der Waals surface area contributed by atoms with Crippen LogP contribution in [-0.2, 0) is 5.41 Å². The highest BCUT2D eigenvalue weighted by atomic mass is 35.5. The third kappa shape index (κ3) is 3.18. The zero-order valence-corrected chi connectivity index (χ0v) is 17.6. The highest BCUT2D eigenvalue weighted by Gasteiger charge is 2.47. The Balaban J connectivity index is 1.91. The average Bonchev–Trinajstić information content (AvgIpc) is 3.20. The summed E-state index contributed by atoms with van der Waals surface area (Å²) < 4.78 is 0. The van der Waals surface area contributed by atoms with Crippen molar-refractivity contribution in [1.29, 1.82) is 0 Å². The van der Waals surface area contributed by atoms with Gasteiger partial charge >= 0.3 is 0 Å². The second-order valence-electron chi connectivity index (χ2n) is 7.64. The fourth-order valence-corrected chi connectivity index (χ4v) is 4.91. The number of halogens is 1. The maximum absolute atomic E-state index is 10.1. The number of benzene rings is 3. The Labute approximate surface area is 186 Å². The van der Waals surface area contributed by atoms with E-state index in [0.717, 1.165) is 27.8 Å². The summed E-state index contributed by atoms with van der Waals surface area (Å²) in [5, 5.41) is 10.5. The summed E-state index contributed by atoms with van der Waals surface area (Å²) in [6.07, 6.45) is 1.72. The van der Waals surface area contributed by atoms with Gasteiger partial charge in [0.2, 0.25) is 0 Å². The van der Waals surface area contributed by atoms with E-state index in [9.17, 15) is 5.11 Å². The molecule has 0 saturated heterocycles. The largest absolute Gasteiger partial charge is 0.390 e. The van der Waals surface area contributed by atoms with Crippen molar-refractivity contribution >= 4 is 17.3 Å². The summed E-state index contributed by atoms with van der Waals surface area (Å²) in [5.41, 5.74) is 5.22. The molecule has 3 aromatic carbocycles. The van der Waals surface area contributed by atoms with Gasteiger partial charge in [0.15, 0.2) is 0 Å². The van der Waals surface area contributed by atoms with Crippen molar-refractivity contribution in [2.45, 2.75) is 11.5 Å². The van der Waals surface area contributed by atoms with Crippen molar-refractivity contribution in [3.05, 3.63) is 136 Å². The number of pyridine rings is 1. The van der Waals surface area contributed by atoms with Crippen LogP contribution in [0.1, 0.15) is 33.9 Å². The van der Waals surface area contributed by atoms with Crippen molar-refractivity contribution in [3.8, 4) is 0 Å². The van der Waals surface area contributed by atoms with E-state index in [2.05, 4.69) is 77.8 Å². The molecule has 152 valence electrons. The maximum atomic E-state index is 10.1.